The minimum atomic E-state index is -0.848. The zero-order valence-corrected chi connectivity index (χ0v) is 52.9. The lowest BCUT2D eigenvalue weighted by Crippen LogP contribution is -2.75. The first-order valence-corrected chi connectivity index (χ1v) is 34.7. The first-order chi connectivity index (χ1) is 40.8. The van der Waals surface area contributed by atoms with Crippen LogP contribution in [0.2, 0.25) is 0 Å². The Kier molecular flexibility index (Phi) is 13.6. The molecule has 0 radical (unpaired) electrons. The van der Waals surface area contributed by atoms with Crippen LogP contribution in [0.4, 0.5) is 0 Å². The monoisotopic (exact) mass is 1160 g/mol. The smallest absolute Gasteiger partial charge is 0.163 e. The Balaban J connectivity index is 0.949. The van der Waals surface area contributed by atoms with E-state index in [0.717, 1.165) is 148 Å². The molecule has 8 fully saturated rings. The van der Waals surface area contributed by atoms with E-state index in [0.29, 0.717) is 55.3 Å². The second kappa shape index (κ2) is 20.2. The van der Waals surface area contributed by atoms with Gasteiger partial charge in [0.2, 0.25) is 0 Å². The lowest BCUT2D eigenvalue weighted by Gasteiger charge is -2.76. The highest BCUT2D eigenvalue weighted by Gasteiger charge is 2.82. The first kappa shape index (κ1) is 57.4. The van der Waals surface area contributed by atoms with Crippen LogP contribution < -0.4 is 0 Å². The molecule has 1 aromatic carbocycles. The van der Waals surface area contributed by atoms with Crippen LogP contribution in [0.1, 0.15) is 265 Å². The number of Topliss-reactive ketones (excluding diaryl/α,β-unsaturated/α-hetero) is 2. The molecule has 2 saturated heterocycles. The number of aliphatic hydroxyl groups excluding tert-OH is 2. The van der Waals surface area contributed by atoms with Crippen molar-refractivity contribution in [2.45, 2.75) is 263 Å². The molecule has 4 aromatic rings. The number of benzene rings is 1. The second-order valence-electron chi connectivity index (χ2n) is 32.3. The molecule has 1 spiro atoms. The summed E-state index contributed by atoms with van der Waals surface area (Å²) in [6.45, 7) is 20.8. The van der Waals surface area contributed by atoms with Crippen molar-refractivity contribution < 1.29 is 34.1 Å². The van der Waals surface area contributed by atoms with Gasteiger partial charge in [-0.25, -0.2) is 0 Å². The van der Waals surface area contributed by atoms with Gasteiger partial charge in [0.1, 0.15) is 18.2 Å². The van der Waals surface area contributed by atoms with Crippen LogP contribution in [0.25, 0.3) is 11.0 Å². The number of nitrogens with one attached hydrogen (secondary N) is 2. The number of carbonyl (C=O) groups is 3. The van der Waals surface area contributed by atoms with E-state index in [-0.39, 0.29) is 41.0 Å². The molecule has 11 aliphatic rings. The Morgan fingerprint density at radius 3 is 2.26 bits per heavy atom. The van der Waals surface area contributed by atoms with Crippen molar-refractivity contribution in [3.63, 3.8) is 0 Å². The first-order valence-electron chi connectivity index (χ1n) is 34.7. The number of aryl methyl sites for hydroxylation is 1. The van der Waals surface area contributed by atoms with Crippen LogP contribution in [0.15, 0.2) is 54.0 Å². The molecule has 3 aliphatic heterocycles. The van der Waals surface area contributed by atoms with E-state index in [1.165, 1.54) is 60.8 Å². The zero-order chi connectivity index (χ0) is 59.0. The van der Waals surface area contributed by atoms with Gasteiger partial charge >= 0.3 is 0 Å². The third kappa shape index (κ3) is 7.89. The van der Waals surface area contributed by atoms with E-state index in [2.05, 4.69) is 113 Å². The van der Waals surface area contributed by atoms with Crippen LogP contribution in [-0.2, 0) is 36.8 Å². The molecule has 10 nitrogen and oxygen atoms in total. The van der Waals surface area contributed by atoms with E-state index in [1.807, 2.05) is 0 Å². The van der Waals surface area contributed by atoms with Crippen molar-refractivity contribution in [3.8, 4) is 0 Å². The molecule has 6 saturated carbocycles. The number of rotatable bonds is 13. The maximum atomic E-state index is 16.9. The van der Waals surface area contributed by atoms with Gasteiger partial charge in [0, 0.05) is 77.8 Å². The highest BCUT2D eigenvalue weighted by Crippen LogP contribution is 2.85. The summed E-state index contributed by atoms with van der Waals surface area (Å²) in [6.07, 6.45) is 28.6. The Morgan fingerprint density at radius 1 is 0.835 bits per heavy atom. The third-order valence-corrected chi connectivity index (χ3v) is 28.3. The predicted octanol–water partition coefficient (Wildman–Crippen LogP) is 15.4. The number of fused-ring (bicyclic) bond motifs is 8. The normalized spacial score (nSPS) is 40.4. The Morgan fingerprint density at radius 2 is 1.55 bits per heavy atom. The highest BCUT2D eigenvalue weighted by atomic mass is 16.6. The molecule has 16 atom stereocenters. The number of hydrogen-bond acceptors (Lipinski definition) is 7. The fourth-order valence-electron chi connectivity index (χ4n) is 24.2. The number of ether oxygens (including phenoxy) is 2. The molecule has 0 unspecified atom stereocenters. The van der Waals surface area contributed by atoms with Crippen LogP contribution in [0.3, 0.4) is 0 Å². The Bertz CT molecular complexity index is 3300. The van der Waals surface area contributed by atoms with Gasteiger partial charge in [0.05, 0.1) is 40.7 Å². The Hall–Kier alpha value is -4.09. The van der Waals surface area contributed by atoms with Crippen LogP contribution in [0, 0.1) is 62.1 Å². The number of allylic oxidation sites excluding steroid dienone is 1. The number of ketones is 2. The van der Waals surface area contributed by atoms with Crippen molar-refractivity contribution in [1.82, 2.24) is 14.5 Å². The number of unbranched alkanes of at least 4 members (excludes halogenated alkanes) is 2. The molecule has 10 heteroatoms. The molecule has 2 bridgehead atoms. The van der Waals surface area contributed by atoms with Crippen molar-refractivity contribution in [2.75, 3.05) is 13.2 Å². The van der Waals surface area contributed by atoms with Gasteiger partial charge in [0.25, 0.3) is 0 Å². The SMILES string of the molecule is CCCCC[C@@H]1C(=O)C2=C3[C@H](Cn4cc([C@H](C=O)c5cc(C6CCCCC6)cc(C6CCOCC6)c5)c5[nH]cc(c54)CC[C@@]2(C)C[C@@H](O)[C@H]2OC2(C)C)[C@@H](O)[C@@H]2[C@@]4(C)[C@@H](CC[C@]2(C)[C@]31C)[C@](C)(C1CCCC1)C(=O)[C@@H]1c2cc[nH]c2[C@@H]2CC[C@@]14C2. The molecule has 85 heavy (non-hydrogen) atoms. The van der Waals surface area contributed by atoms with E-state index >= 15 is 14.7 Å². The van der Waals surface area contributed by atoms with Gasteiger partial charge in [-0.05, 0) is 207 Å². The molecule has 4 N–H and O–H groups in total. The number of epoxide rings is 1. The number of carbonyl (C=O) groups excluding carboxylic acids is 3. The van der Waals surface area contributed by atoms with Gasteiger partial charge in [0.15, 0.2) is 5.78 Å². The quantitative estimate of drug-likeness (QED) is 0.0591. The van der Waals surface area contributed by atoms with Crippen molar-refractivity contribution in [3.05, 3.63) is 93.1 Å². The predicted molar refractivity (Wildman–Crippen MR) is 333 cm³/mol. The standard InChI is InChI=1S/C75H101N3O7/c1-9-10-12-21-55-65(82)60-58-53(64(81)66-71(5,73(55,58)7)29-24-57-72(6,50-19-15-16-20-50)67(83)59-51-25-31-76-61(51)45-23-30-75(59,37-45)74(57,66)8)41-78-40-52(62-63(78)46(39-77-62)22-28-70(60,4)38-56(80)68-69(2,3)85-68)54(42-79)49-35-47(43-17-13-11-14-18-43)34-48(36-49)44-26-32-84-33-27-44/h25,31,34-36,39-40,42-45,50,53-57,59,64,66,68,76-77,80-81H,9-24,26-30,32-33,37-38,41H2,1-8H3/t45-,53+,54-,55-,56-,57+,59+,64-,66+,68-,70+,71+,72+,73+,74-,75-/m1/s1. The number of nitrogens with zero attached hydrogens (tertiary/aromatic N) is 1. The summed E-state index contributed by atoms with van der Waals surface area (Å²) in [5.41, 5.74) is 8.79. The number of aromatic amines is 2. The average Bonchev–Trinajstić information content (AvgIpc) is 1.64. The number of aldehydes is 1. The Labute approximate surface area is 506 Å². The summed E-state index contributed by atoms with van der Waals surface area (Å²) >= 11 is 0. The van der Waals surface area contributed by atoms with E-state index in [9.17, 15) is 9.90 Å². The molecule has 0 amide bonds. The van der Waals surface area contributed by atoms with E-state index in [4.69, 9.17) is 9.47 Å². The zero-order valence-electron chi connectivity index (χ0n) is 52.9. The molecule has 458 valence electrons. The van der Waals surface area contributed by atoms with Gasteiger partial charge in [-0.3, -0.25) is 9.59 Å². The number of aromatic nitrogens is 3. The number of H-pyrrole nitrogens is 2. The fourth-order valence-corrected chi connectivity index (χ4v) is 24.2. The second-order valence-corrected chi connectivity index (χ2v) is 32.3. The lowest BCUT2D eigenvalue weighted by molar-refractivity contribution is -0.275. The van der Waals surface area contributed by atoms with Crippen molar-refractivity contribution in [2.24, 2.45) is 62.1 Å². The molecule has 6 heterocycles. The summed E-state index contributed by atoms with van der Waals surface area (Å²) in [5.74, 6) is 0.552. The average molecular weight is 1160 g/mol. The van der Waals surface area contributed by atoms with Crippen LogP contribution in [-0.4, -0.2) is 79.7 Å². The van der Waals surface area contributed by atoms with Crippen LogP contribution >= 0.6 is 0 Å². The summed E-state index contributed by atoms with van der Waals surface area (Å²) in [7, 11) is 0. The lowest BCUT2D eigenvalue weighted by atomic mass is 9.27. The van der Waals surface area contributed by atoms with Crippen molar-refractivity contribution >= 4 is 28.9 Å². The third-order valence-electron chi connectivity index (χ3n) is 28.3. The highest BCUT2D eigenvalue weighted by molar-refractivity contribution is 6.04. The molecule has 3 aromatic heterocycles. The van der Waals surface area contributed by atoms with Crippen LogP contribution in [0.5, 0.6) is 0 Å². The largest absolute Gasteiger partial charge is 0.392 e. The molecular formula is C75H101N3O7. The topological polar surface area (TPSA) is 150 Å². The van der Waals surface area contributed by atoms with Gasteiger partial charge in [-0.1, -0.05) is 111 Å². The molecular weight excluding hydrogens is 1050 g/mol. The summed E-state index contributed by atoms with van der Waals surface area (Å²) < 4.78 is 14.6. The maximum Gasteiger partial charge on any atom is 0.163 e. The summed E-state index contributed by atoms with van der Waals surface area (Å²) in [4.78, 5) is 55.3. The fraction of sp³-hybridized carbons (Fsp3) is 0.720. The summed E-state index contributed by atoms with van der Waals surface area (Å²) in [5, 5.41) is 27.6. The van der Waals surface area contributed by atoms with Gasteiger partial charge in [-0.2, -0.15) is 0 Å². The molecule has 8 aliphatic carbocycles. The summed E-state index contributed by atoms with van der Waals surface area (Å²) in [6, 6.07) is 9.50. The maximum absolute atomic E-state index is 16.9. The minimum Gasteiger partial charge on any atom is -0.392 e. The van der Waals surface area contributed by atoms with E-state index < -0.39 is 56.7 Å². The van der Waals surface area contributed by atoms with Gasteiger partial charge < -0.3 is 39.0 Å². The number of hydrogen-bond donors (Lipinski definition) is 4. The minimum absolute atomic E-state index is 0.0785. The molecule has 15 rings (SSSR count). The number of aliphatic hydroxyl groups is 2. The van der Waals surface area contributed by atoms with Crippen molar-refractivity contribution in [1.29, 1.82) is 0 Å². The van der Waals surface area contributed by atoms with E-state index in [1.54, 1.807) is 0 Å². The van der Waals surface area contributed by atoms with Gasteiger partial charge in [-0.15, -0.1) is 0 Å².